The van der Waals surface area contributed by atoms with Crippen molar-refractivity contribution < 1.29 is 0 Å². The lowest BCUT2D eigenvalue weighted by molar-refractivity contribution is 0.190. The molecular weight excluding hydrogens is 264 g/mol. The van der Waals surface area contributed by atoms with Crippen molar-refractivity contribution in [3.05, 3.63) is 11.4 Å². The molecule has 21 heavy (non-hydrogen) atoms. The highest BCUT2D eigenvalue weighted by Gasteiger charge is 2.23. The molecule has 2 atom stereocenters. The topological polar surface area (TPSA) is 79.1 Å². The van der Waals surface area contributed by atoms with Crippen molar-refractivity contribution in [3.8, 4) is 0 Å². The Morgan fingerprint density at radius 1 is 1.33 bits per heavy atom. The Morgan fingerprint density at radius 2 is 2.05 bits per heavy atom. The van der Waals surface area contributed by atoms with Gasteiger partial charge < -0.3 is 15.6 Å². The Kier molecular flexibility index (Phi) is 5.36. The van der Waals surface area contributed by atoms with Gasteiger partial charge in [0.05, 0.1) is 0 Å². The number of aryl methyl sites for hydroxylation is 1. The Hall–Kier alpha value is -1.40. The molecule has 0 amide bonds. The van der Waals surface area contributed by atoms with E-state index in [-0.39, 0.29) is 0 Å². The largest absolute Gasteiger partial charge is 0.367 e. The highest BCUT2D eigenvalue weighted by molar-refractivity contribution is 5.57. The standard InChI is InChI=1S/C15H28N6/c1-5-6-13-18-14(11(3)15(19-13)20-16)17-12-7-8-21(4)10(2)9-12/h10,12H,5-9,16H2,1-4H3,(H2,17,18,19,20). The molecule has 1 aliphatic heterocycles. The van der Waals surface area contributed by atoms with Gasteiger partial charge in [0.15, 0.2) is 0 Å². The van der Waals surface area contributed by atoms with Gasteiger partial charge in [0.25, 0.3) is 0 Å². The molecule has 0 aromatic carbocycles. The van der Waals surface area contributed by atoms with Crippen LogP contribution < -0.4 is 16.6 Å². The molecule has 0 radical (unpaired) electrons. The normalized spacial score (nSPS) is 23.1. The molecule has 1 aromatic heterocycles. The SMILES string of the molecule is CCCc1nc(NN)c(C)c(NC2CCN(C)C(C)C2)n1. The van der Waals surface area contributed by atoms with Crippen LogP contribution >= 0.6 is 0 Å². The minimum Gasteiger partial charge on any atom is -0.367 e. The first-order valence-electron chi connectivity index (χ1n) is 7.86. The molecule has 2 rings (SSSR count). The number of hydrogen-bond donors (Lipinski definition) is 3. The summed E-state index contributed by atoms with van der Waals surface area (Å²) in [6, 6.07) is 1.06. The summed E-state index contributed by atoms with van der Waals surface area (Å²) in [7, 11) is 2.19. The van der Waals surface area contributed by atoms with Crippen LogP contribution in [0, 0.1) is 6.92 Å². The highest BCUT2D eigenvalue weighted by Crippen LogP contribution is 2.24. The molecule has 1 aromatic rings. The van der Waals surface area contributed by atoms with Crippen LogP contribution in [0.2, 0.25) is 0 Å². The van der Waals surface area contributed by atoms with Crippen molar-refractivity contribution in [1.82, 2.24) is 14.9 Å². The van der Waals surface area contributed by atoms with Crippen molar-refractivity contribution in [3.63, 3.8) is 0 Å². The summed E-state index contributed by atoms with van der Waals surface area (Å²) in [5, 5.41) is 3.60. The summed E-state index contributed by atoms with van der Waals surface area (Å²) < 4.78 is 0. The second-order valence-electron chi connectivity index (χ2n) is 6.05. The first kappa shape index (κ1) is 16.0. The van der Waals surface area contributed by atoms with Crippen LogP contribution in [0.25, 0.3) is 0 Å². The molecule has 0 bridgehead atoms. The Morgan fingerprint density at radius 3 is 2.67 bits per heavy atom. The maximum absolute atomic E-state index is 5.58. The van der Waals surface area contributed by atoms with Gasteiger partial charge in [0.1, 0.15) is 17.5 Å². The molecule has 4 N–H and O–H groups in total. The van der Waals surface area contributed by atoms with E-state index in [1.54, 1.807) is 0 Å². The Bertz CT molecular complexity index is 475. The monoisotopic (exact) mass is 292 g/mol. The van der Waals surface area contributed by atoms with E-state index in [1.165, 1.54) is 0 Å². The van der Waals surface area contributed by atoms with Crippen molar-refractivity contribution in [1.29, 1.82) is 0 Å². The van der Waals surface area contributed by atoms with Crippen LogP contribution in [-0.4, -0.2) is 40.5 Å². The summed E-state index contributed by atoms with van der Waals surface area (Å²) in [6.07, 6.45) is 4.17. The summed E-state index contributed by atoms with van der Waals surface area (Å²) in [5.41, 5.74) is 3.68. The number of hydrogen-bond acceptors (Lipinski definition) is 6. The molecule has 1 aliphatic rings. The number of nitrogens with two attached hydrogens (primary N) is 1. The van der Waals surface area contributed by atoms with Crippen LogP contribution in [0.5, 0.6) is 0 Å². The number of rotatable bonds is 5. The molecule has 0 spiro atoms. The number of nitrogens with zero attached hydrogens (tertiary/aromatic N) is 3. The molecule has 0 saturated carbocycles. The van der Waals surface area contributed by atoms with Crippen LogP contribution in [0.15, 0.2) is 0 Å². The lowest BCUT2D eigenvalue weighted by atomic mass is 9.99. The average Bonchev–Trinajstić information content (AvgIpc) is 2.46. The van der Waals surface area contributed by atoms with Crippen LogP contribution in [0.4, 0.5) is 11.6 Å². The van der Waals surface area contributed by atoms with E-state index in [2.05, 4.69) is 46.5 Å². The third kappa shape index (κ3) is 3.83. The van der Waals surface area contributed by atoms with E-state index in [9.17, 15) is 0 Å². The lowest BCUT2D eigenvalue weighted by Crippen LogP contribution is -2.42. The quantitative estimate of drug-likeness (QED) is 0.568. The fourth-order valence-electron chi connectivity index (χ4n) is 2.79. The van der Waals surface area contributed by atoms with Crippen LogP contribution in [0.3, 0.4) is 0 Å². The Labute approximate surface area is 127 Å². The maximum Gasteiger partial charge on any atom is 0.148 e. The van der Waals surface area contributed by atoms with Gasteiger partial charge in [0.2, 0.25) is 0 Å². The van der Waals surface area contributed by atoms with Crippen LogP contribution in [0.1, 0.15) is 44.5 Å². The van der Waals surface area contributed by atoms with Crippen molar-refractivity contribution >= 4 is 11.6 Å². The molecule has 2 heterocycles. The molecule has 2 unspecified atom stereocenters. The van der Waals surface area contributed by atoms with Crippen molar-refractivity contribution in [2.45, 2.75) is 58.5 Å². The van der Waals surface area contributed by atoms with Gasteiger partial charge in [-0.3, -0.25) is 0 Å². The zero-order valence-corrected chi connectivity index (χ0v) is 13.6. The molecule has 1 fully saturated rings. The number of hydrazine groups is 1. The lowest BCUT2D eigenvalue weighted by Gasteiger charge is -2.35. The van der Waals surface area contributed by atoms with E-state index in [4.69, 9.17) is 5.84 Å². The van der Waals surface area contributed by atoms with Gasteiger partial charge in [-0.05, 0) is 40.2 Å². The third-order valence-electron chi connectivity index (χ3n) is 4.35. The van der Waals surface area contributed by atoms with E-state index < -0.39 is 0 Å². The second-order valence-corrected chi connectivity index (χ2v) is 6.05. The number of nitrogen functional groups attached to an aromatic ring is 1. The predicted molar refractivity (Wildman–Crippen MR) is 87.3 cm³/mol. The summed E-state index contributed by atoms with van der Waals surface area (Å²) >= 11 is 0. The van der Waals surface area contributed by atoms with Crippen LogP contribution in [-0.2, 0) is 6.42 Å². The number of likely N-dealkylation sites (tertiary alicyclic amines) is 1. The smallest absolute Gasteiger partial charge is 0.148 e. The van der Waals surface area contributed by atoms with E-state index in [0.29, 0.717) is 12.1 Å². The fourth-order valence-corrected chi connectivity index (χ4v) is 2.79. The second kappa shape index (κ2) is 7.04. The Balaban J connectivity index is 2.16. The van der Waals surface area contributed by atoms with E-state index in [1.807, 2.05) is 6.92 Å². The highest BCUT2D eigenvalue weighted by atomic mass is 15.3. The van der Waals surface area contributed by atoms with Gasteiger partial charge in [-0.25, -0.2) is 15.8 Å². The molecular formula is C15H28N6. The van der Waals surface area contributed by atoms with Gasteiger partial charge in [-0.15, -0.1) is 0 Å². The van der Waals surface area contributed by atoms with Gasteiger partial charge >= 0.3 is 0 Å². The number of nitrogens with one attached hydrogen (secondary N) is 2. The molecule has 6 heteroatoms. The van der Waals surface area contributed by atoms with E-state index in [0.717, 1.165) is 55.3 Å². The van der Waals surface area contributed by atoms with Gasteiger partial charge in [-0.1, -0.05) is 6.92 Å². The molecule has 118 valence electrons. The number of anilines is 2. The molecule has 1 saturated heterocycles. The third-order valence-corrected chi connectivity index (χ3v) is 4.35. The first-order chi connectivity index (χ1) is 10.0. The fraction of sp³-hybridized carbons (Fsp3) is 0.733. The average molecular weight is 292 g/mol. The van der Waals surface area contributed by atoms with Crippen molar-refractivity contribution in [2.24, 2.45) is 5.84 Å². The minimum atomic E-state index is 0.463. The molecule has 0 aliphatic carbocycles. The van der Waals surface area contributed by atoms with Gasteiger partial charge in [0, 0.05) is 30.6 Å². The number of aromatic nitrogens is 2. The zero-order chi connectivity index (χ0) is 15.4. The number of piperidine rings is 1. The maximum atomic E-state index is 5.58. The summed E-state index contributed by atoms with van der Waals surface area (Å²) in [4.78, 5) is 11.5. The minimum absolute atomic E-state index is 0.463. The predicted octanol–water partition coefficient (Wildman–Crippen LogP) is 1.92. The summed E-state index contributed by atoms with van der Waals surface area (Å²) in [5.74, 6) is 8.07. The summed E-state index contributed by atoms with van der Waals surface area (Å²) in [6.45, 7) is 7.53. The molecule has 6 nitrogen and oxygen atoms in total. The van der Waals surface area contributed by atoms with Gasteiger partial charge in [-0.2, -0.15) is 0 Å². The zero-order valence-electron chi connectivity index (χ0n) is 13.6. The first-order valence-corrected chi connectivity index (χ1v) is 7.86. The van der Waals surface area contributed by atoms with E-state index >= 15 is 0 Å². The van der Waals surface area contributed by atoms with Crippen molar-refractivity contribution in [2.75, 3.05) is 24.3 Å².